The van der Waals surface area contributed by atoms with E-state index in [9.17, 15) is 19.1 Å². The molecule has 0 unspecified atom stereocenters. The van der Waals surface area contributed by atoms with Gasteiger partial charge in [0.25, 0.3) is 5.56 Å². The molecule has 0 radical (unpaired) electrons. The SMILES string of the molecule is C=CC(=O)NC1CCN(c2ncnc3c(=O)n(-c4c(O)cccc4F)c(C)cc23)CC1. The molecule has 0 bridgehead atoms. The second kappa shape index (κ2) is 8.17. The lowest BCUT2D eigenvalue weighted by molar-refractivity contribution is -0.117. The van der Waals surface area contributed by atoms with Crippen LogP contribution in [0, 0.1) is 12.7 Å². The van der Waals surface area contributed by atoms with Crippen LogP contribution in [0.15, 0.2) is 48.0 Å². The lowest BCUT2D eigenvalue weighted by Crippen LogP contribution is -2.44. The lowest BCUT2D eigenvalue weighted by atomic mass is 10.0. The van der Waals surface area contributed by atoms with E-state index in [1.54, 1.807) is 13.0 Å². The Kier molecular flexibility index (Phi) is 5.41. The highest BCUT2D eigenvalue weighted by Gasteiger charge is 2.24. The number of fused-ring (bicyclic) bond motifs is 1. The predicted octanol–water partition coefficient (Wildman–Crippen LogP) is 2.20. The van der Waals surface area contributed by atoms with Gasteiger partial charge in [-0.1, -0.05) is 12.6 Å². The topological polar surface area (TPSA) is 100 Å². The molecular formula is C22H22FN5O3. The summed E-state index contributed by atoms with van der Waals surface area (Å²) >= 11 is 0. The number of halogens is 1. The average molecular weight is 423 g/mol. The van der Waals surface area contributed by atoms with Gasteiger partial charge in [-0.15, -0.1) is 0 Å². The third kappa shape index (κ3) is 3.74. The molecule has 3 aromatic rings. The fourth-order valence-electron chi connectivity index (χ4n) is 3.98. The van der Waals surface area contributed by atoms with Gasteiger partial charge in [0.2, 0.25) is 5.91 Å². The monoisotopic (exact) mass is 423 g/mol. The quantitative estimate of drug-likeness (QED) is 0.624. The zero-order valence-electron chi connectivity index (χ0n) is 17.0. The number of nitrogens with zero attached hydrogens (tertiary/aromatic N) is 4. The van der Waals surface area contributed by atoms with Crippen molar-refractivity contribution in [3.8, 4) is 11.4 Å². The molecule has 1 fully saturated rings. The number of aromatic nitrogens is 3. The van der Waals surface area contributed by atoms with Gasteiger partial charge in [-0.3, -0.25) is 14.2 Å². The van der Waals surface area contributed by atoms with E-state index >= 15 is 0 Å². The molecule has 1 amide bonds. The van der Waals surface area contributed by atoms with E-state index in [0.717, 1.165) is 17.4 Å². The molecular weight excluding hydrogens is 401 g/mol. The van der Waals surface area contributed by atoms with Gasteiger partial charge in [0.1, 0.15) is 29.1 Å². The van der Waals surface area contributed by atoms with Crippen LogP contribution >= 0.6 is 0 Å². The Morgan fingerprint density at radius 2 is 2.06 bits per heavy atom. The van der Waals surface area contributed by atoms with Gasteiger partial charge in [-0.25, -0.2) is 14.4 Å². The van der Waals surface area contributed by atoms with Gasteiger partial charge in [0.05, 0.1) is 5.39 Å². The van der Waals surface area contributed by atoms with Crippen LogP contribution in [-0.4, -0.2) is 44.7 Å². The summed E-state index contributed by atoms with van der Waals surface area (Å²) in [4.78, 5) is 35.3. The highest BCUT2D eigenvalue weighted by atomic mass is 19.1. The summed E-state index contributed by atoms with van der Waals surface area (Å²) in [7, 11) is 0. The van der Waals surface area contributed by atoms with E-state index in [4.69, 9.17) is 0 Å². The second-order valence-electron chi connectivity index (χ2n) is 7.47. The highest BCUT2D eigenvalue weighted by Crippen LogP contribution is 2.29. The van der Waals surface area contributed by atoms with Gasteiger partial charge >= 0.3 is 0 Å². The summed E-state index contributed by atoms with van der Waals surface area (Å²) in [5.74, 6) is -0.618. The molecule has 1 aliphatic heterocycles. The fraction of sp³-hybridized carbons (Fsp3) is 0.273. The third-order valence-electron chi connectivity index (χ3n) is 5.49. The van der Waals surface area contributed by atoms with E-state index in [0.29, 0.717) is 30.0 Å². The summed E-state index contributed by atoms with van der Waals surface area (Å²) < 4.78 is 15.5. The van der Waals surface area contributed by atoms with Crippen molar-refractivity contribution in [1.29, 1.82) is 0 Å². The van der Waals surface area contributed by atoms with Crippen LogP contribution < -0.4 is 15.8 Å². The van der Waals surface area contributed by atoms with E-state index in [2.05, 4.69) is 21.9 Å². The van der Waals surface area contributed by atoms with Crippen molar-refractivity contribution in [2.45, 2.75) is 25.8 Å². The number of rotatable bonds is 4. The smallest absolute Gasteiger partial charge is 0.282 e. The second-order valence-corrected chi connectivity index (χ2v) is 7.47. The molecule has 1 aliphatic rings. The maximum Gasteiger partial charge on any atom is 0.282 e. The molecule has 0 atom stereocenters. The number of nitrogens with one attached hydrogen (secondary N) is 1. The Hall–Kier alpha value is -3.75. The van der Waals surface area contributed by atoms with Crippen LogP contribution in [0.1, 0.15) is 18.5 Å². The first kappa shape index (κ1) is 20.5. The minimum atomic E-state index is -0.706. The molecule has 0 spiro atoms. The number of carbonyl (C=O) groups is 1. The summed E-state index contributed by atoms with van der Waals surface area (Å²) in [6.45, 7) is 6.42. The molecule has 2 N–H and O–H groups in total. The van der Waals surface area contributed by atoms with Crippen LogP contribution in [0.4, 0.5) is 10.2 Å². The predicted molar refractivity (Wildman–Crippen MR) is 115 cm³/mol. The summed E-state index contributed by atoms with van der Waals surface area (Å²) in [5.41, 5.74) is -0.152. The molecule has 9 heteroatoms. The van der Waals surface area contributed by atoms with Crippen molar-refractivity contribution in [3.05, 3.63) is 65.1 Å². The Morgan fingerprint density at radius 3 is 2.74 bits per heavy atom. The van der Waals surface area contributed by atoms with Crippen molar-refractivity contribution in [2.24, 2.45) is 0 Å². The van der Waals surface area contributed by atoms with Gasteiger partial charge in [-0.2, -0.15) is 0 Å². The third-order valence-corrected chi connectivity index (χ3v) is 5.49. The summed E-state index contributed by atoms with van der Waals surface area (Å²) in [5, 5.41) is 13.6. The average Bonchev–Trinajstić information content (AvgIpc) is 2.76. The lowest BCUT2D eigenvalue weighted by Gasteiger charge is -2.33. The highest BCUT2D eigenvalue weighted by molar-refractivity contribution is 5.89. The zero-order valence-corrected chi connectivity index (χ0v) is 17.0. The summed E-state index contributed by atoms with van der Waals surface area (Å²) in [6.07, 6.45) is 4.02. The van der Waals surface area contributed by atoms with E-state index in [1.165, 1.54) is 30.6 Å². The first-order valence-corrected chi connectivity index (χ1v) is 9.93. The number of pyridine rings is 1. The number of aryl methyl sites for hydroxylation is 1. The standard InChI is InChI=1S/C22H22FN5O3/c1-3-18(30)26-14-7-9-27(10-8-14)21-15-11-13(2)28(22(31)19(15)24-12-25-21)20-16(23)5-4-6-17(20)29/h3-6,11-12,14,29H,1,7-10H2,2H3,(H,26,30). The number of hydrogen-bond donors (Lipinski definition) is 2. The number of para-hydroxylation sites is 1. The number of amides is 1. The molecule has 4 rings (SSSR count). The number of hydrogen-bond acceptors (Lipinski definition) is 6. The van der Waals surface area contributed by atoms with Crippen molar-refractivity contribution in [2.75, 3.05) is 18.0 Å². The Morgan fingerprint density at radius 1 is 1.32 bits per heavy atom. The summed E-state index contributed by atoms with van der Waals surface area (Å²) in [6, 6.07) is 5.67. The minimum Gasteiger partial charge on any atom is -0.506 e. The number of phenols is 1. The maximum absolute atomic E-state index is 14.4. The minimum absolute atomic E-state index is 0.0536. The fourth-order valence-corrected chi connectivity index (χ4v) is 3.98. The van der Waals surface area contributed by atoms with E-state index in [-0.39, 0.29) is 28.9 Å². The largest absolute Gasteiger partial charge is 0.506 e. The molecule has 1 aromatic carbocycles. The molecule has 160 valence electrons. The van der Waals surface area contributed by atoms with Gasteiger partial charge in [-0.05, 0) is 44.0 Å². The van der Waals surface area contributed by atoms with E-state index < -0.39 is 11.4 Å². The molecule has 1 saturated heterocycles. The van der Waals surface area contributed by atoms with Gasteiger partial charge < -0.3 is 15.3 Å². The molecule has 31 heavy (non-hydrogen) atoms. The molecule has 2 aromatic heterocycles. The van der Waals surface area contributed by atoms with Crippen molar-refractivity contribution < 1.29 is 14.3 Å². The first-order valence-electron chi connectivity index (χ1n) is 9.93. The van der Waals surface area contributed by atoms with Crippen LogP contribution in [0.25, 0.3) is 16.6 Å². The van der Waals surface area contributed by atoms with Gasteiger partial charge in [0, 0.05) is 24.8 Å². The molecule has 3 heterocycles. The van der Waals surface area contributed by atoms with Gasteiger partial charge in [0.15, 0.2) is 5.82 Å². The van der Waals surface area contributed by atoms with Crippen LogP contribution in [0.3, 0.4) is 0 Å². The van der Waals surface area contributed by atoms with Crippen LogP contribution in [0.5, 0.6) is 5.75 Å². The molecule has 8 nitrogen and oxygen atoms in total. The number of anilines is 1. The Labute approximate surface area is 177 Å². The molecule has 0 saturated carbocycles. The Bertz CT molecular complexity index is 1210. The van der Waals surface area contributed by atoms with Crippen LogP contribution in [0.2, 0.25) is 0 Å². The molecule has 0 aliphatic carbocycles. The number of piperidine rings is 1. The first-order chi connectivity index (χ1) is 14.9. The van der Waals surface area contributed by atoms with E-state index in [1.807, 2.05) is 4.90 Å². The van der Waals surface area contributed by atoms with Crippen LogP contribution in [-0.2, 0) is 4.79 Å². The van der Waals surface area contributed by atoms with Crippen molar-refractivity contribution >= 4 is 22.6 Å². The number of aromatic hydroxyl groups is 1. The Balaban J connectivity index is 1.73. The number of carbonyl (C=O) groups excluding carboxylic acids is 1. The zero-order chi connectivity index (χ0) is 22.1. The van der Waals surface area contributed by atoms with Crippen molar-refractivity contribution in [3.63, 3.8) is 0 Å². The maximum atomic E-state index is 14.4. The number of benzene rings is 1. The van der Waals surface area contributed by atoms with Crippen molar-refractivity contribution in [1.82, 2.24) is 19.9 Å². The normalized spacial score (nSPS) is 14.6. The number of phenolic OH excluding ortho intramolecular Hbond substituents is 1.